The Balaban J connectivity index is 1.00. The molecule has 0 radical (unpaired) electrons. The minimum atomic E-state index is -1.20. The molecule has 4 heterocycles. The van der Waals surface area contributed by atoms with Crippen molar-refractivity contribution in [3.63, 3.8) is 0 Å². The smallest absolute Gasteiger partial charge is 0.274 e. The number of aromatic amines is 1. The second-order valence-corrected chi connectivity index (χ2v) is 15.8. The summed E-state index contributed by atoms with van der Waals surface area (Å²) in [6.07, 6.45) is 8.41. The molecule has 7 rings (SSSR count). The van der Waals surface area contributed by atoms with Crippen molar-refractivity contribution in [1.82, 2.24) is 30.0 Å². The van der Waals surface area contributed by atoms with Crippen LogP contribution in [0, 0.1) is 11.6 Å². The third-order valence-electron chi connectivity index (χ3n) is 11.4. The second-order valence-electron chi connectivity index (χ2n) is 15.8. The van der Waals surface area contributed by atoms with Gasteiger partial charge in [-0.2, -0.15) is 0 Å². The highest BCUT2D eigenvalue weighted by molar-refractivity contribution is 6.25. The molecule has 0 spiro atoms. The number of benzene rings is 3. The first-order chi connectivity index (χ1) is 30.9. The van der Waals surface area contributed by atoms with E-state index in [-0.39, 0.29) is 48.0 Å². The summed E-state index contributed by atoms with van der Waals surface area (Å²) in [6.45, 7) is 2.51. The number of amides is 5. The number of imide groups is 2. The average Bonchev–Trinajstić information content (AvgIpc) is 3.87. The number of unbranched alkanes of at least 4 members (excludes halogenated alkanes) is 3. The summed E-state index contributed by atoms with van der Waals surface area (Å²) in [5, 5.41) is 13.6. The summed E-state index contributed by atoms with van der Waals surface area (Å²) in [6, 6.07) is 14.0. The number of carbonyl (C=O) groups excluding carboxylic acids is 5. The van der Waals surface area contributed by atoms with Crippen molar-refractivity contribution in [2.75, 3.05) is 36.9 Å². The highest BCUT2D eigenvalue weighted by Crippen LogP contribution is 2.39. The maximum absolute atomic E-state index is 14.8. The van der Waals surface area contributed by atoms with Crippen molar-refractivity contribution < 1.29 is 37.5 Å². The maximum Gasteiger partial charge on any atom is 0.274 e. The van der Waals surface area contributed by atoms with Crippen molar-refractivity contribution in [2.24, 2.45) is 12.8 Å². The van der Waals surface area contributed by atoms with E-state index in [1.54, 1.807) is 43.7 Å². The molecule has 2 aromatic heterocycles. The number of hydrogen-bond acceptors (Lipinski definition) is 11. The standard InChI is InChI=1S/C46H51F2N9O7/c1-3-4-5-11-38(54-28-13-16-36(64-37-15-12-27(47)22-33(37)48)31(23-28)32-25-55(2)46(63)42-29(32)18-21-52-42)51-20-7-6-19-50-34-10-8-9-30-41(34)45(62)57(43(30)60)35-14-17-40(59)56(44(35)61)26-53-39(58)24-49/h8-10,12-13,15-16,18,21-23,25,35,38,50-52,54H,3-7,11,14,17,19-20,24,26,49H2,1-2H3,(H,53,58). The molecule has 0 aliphatic carbocycles. The van der Waals surface area contributed by atoms with Crippen molar-refractivity contribution in [3.8, 4) is 22.6 Å². The number of hydrogen-bond donors (Lipinski definition) is 6. The van der Waals surface area contributed by atoms with Crippen LogP contribution in [0.5, 0.6) is 11.5 Å². The maximum atomic E-state index is 14.8. The molecule has 3 aromatic carbocycles. The normalized spacial score (nSPS) is 15.5. The summed E-state index contributed by atoms with van der Waals surface area (Å²) in [5.41, 5.74) is 8.28. The lowest BCUT2D eigenvalue weighted by atomic mass is 10.0. The van der Waals surface area contributed by atoms with E-state index in [1.165, 1.54) is 16.7 Å². The van der Waals surface area contributed by atoms with E-state index in [4.69, 9.17) is 10.5 Å². The number of nitrogens with two attached hydrogens (primary N) is 1. The number of rotatable bonds is 20. The number of nitrogens with one attached hydrogen (secondary N) is 5. The molecular formula is C46H51F2N9O7. The predicted octanol–water partition coefficient (Wildman–Crippen LogP) is 5.55. The van der Waals surface area contributed by atoms with E-state index in [1.807, 2.05) is 12.1 Å². The summed E-state index contributed by atoms with van der Waals surface area (Å²) in [7, 11) is 1.65. The molecule has 2 unspecified atom stereocenters. The summed E-state index contributed by atoms with van der Waals surface area (Å²) in [4.78, 5) is 82.7. The Morgan fingerprint density at radius 3 is 2.50 bits per heavy atom. The molecule has 7 N–H and O–H groups in total. The van der Waals surface area contributed by atoms with Crippen molar-refractivity contribution >= 4 is 51.8 Å². The number of carbonyl (C=O) groups is 5. The molecule has 2 aliphatic rings. The van der Waals surface area contributed by atoms with Gasteiger partial charge in [0.05, 0.1) is 23.8 Å². The highest BCUT2D eigenvalue weighted by atomic mass is 19.1. The molecule has 1 saturated heterocycles. The molecule has 1 fully saturated rings. The van der Waals surface area contributed by atoms with Gasteiger partial charge in [0, 0.05) is 66.4 Å². The van der Waals surface area contributed by atoms with Gasteiger partial charge in [0.15, 0.2) is 11.6 Å². The van der Waals surface area contributed by atoms with E-state index in [0.717, 1.165) is 59.7 Å². The van der Waals surface area contributed by atoms with E-state index in [9.17, 15) is 37.5 Å². The van der Waals surface area contributed by atoms with E-state index in [2.05, 4.69) is 33.2 Å². The third kappa shape index (κ3) is 9.67. The van der Waals surface area contributed by atoms with Crippen molar-refractivity contribution in [3.05, 3.63) is 106 Å². The Labute approximate surface area is 367 Å². The zero-order valence-corrected chi connectivity index (χ0v) is 35.6. The summed E-state index contributed by atoms with van der Waals surface area (Å²) < 4.78 is 36.1. The highest BCUT2D eigenvalue weighted by Gasteiger charge is 2.47. The number of nitrogens with zero attached hydrogens (tertiary/aromatic N) is 3. The van der Waals surface area contributed by atoms with Crippen LogP contribution in [0.1, 0.15) is 79.0 Å². The fraction of sp³-hybridized carbons (Fsp3) is 0.348. The number of piperidine rings is 1. The van der Waals surface area contributed by atoms with Gasteiger partial charge >= 0.3 is 0 Å². The van der Waals surface area contributed by atoms with E-state index >= 15 is 0 Å². The lowest BCUT2D eigenvalue weighted by Gasteiger charge is -2.34. The summed E-state index contributed by atoms with van der Waals surface area (Å²) in [5.74, 6) is -4.54. The van der Waals surface area contributed by atoms with Crippen LogP contribution in [-0.2, 0) is 21.4 Å². The van der Waals surface area contributed by atoms with Crippen molar-refractivity contribution in [2.45, 2.75) is 70.5 Å². The van der Waals surface area contributed by atoms with Gasteiger partial charge in [-0.05, 0) is 80.8 Å². The molecular weight excluding hydrogens is 829 g/mol. The van der Waals surface area contributed by atoms with Gasteiger partial charge in [0.1, 0.15) is 29.8 Å². The van der Waals surface area contributed by atoms with Crippen LogP contribution in [0.15, 0.2) is 77.9 Å². The number of aromatic nitrogens is 2. The molecule has 18 heteroatoms. The molecule has 2 atom stereocenters. The second kappa shape index (κ2) is 20.1. The van der Waals surface area contributed by atoms with Crippen LogP contribution in [0.3, 0.4) is 0 Å². The van der Waals surface area contributed by atoms with Gasteiger partial charge < -0.3 is 36.0 Å². The Morgan fingerprint density at radius 2 is 1.72 bits per heavy atom. The van der Waals surface area contributed by atoms with Gasteiger partial charge in [0.25, 0.3) is 23.3 Å². The molecule has 64 heavy (non-hydrogen) atoms. The number of halogens is 2. The zero-order chi connectivity index (χ0) is 45.5. The first kappa shape index (κ1) is 45.1. The average molecular weight is 880 g/mol. The van der Waals surface area contributed by atoms with Crippen LogP contribution in [-0.4, -0.2) is 87.4 Å². The largest absolute Gasteiger partial charge is 0.454 e. The molecule has 0 saturated carbocycles. The lowest BCUT2D eigenvalue weighted by molar-refractivity contribution is -0.152. The van der Waals surface area contributed by atoms with Gasteiger partial charge in [-0.3, -0.25) is 43.9 Å². The minimum absolute atomic E-state index is 0.0273. The fourth-order valence-corrected chi connectivity index (χ4v) is 8.05. The van der Waals surface area contributed by atoms with Crippen LogP contribution in [0.2, 0.25) is 0 Å². The van der Waals surface area contributed by atoms with Crippen LogP contribution >= 0.6 is 0 Å². The first-order valence-electron chi connectivity index (χ1n) is 21.4. The molecule has 336 valence electrons. The van der Waals surface area contributed by atoms with Gasteiger partial charge in [0.2, 0.25) is 11.8 Å². The fourth-order valence-electron chi connectivity index (χ4n) is 8.05. The third-order valence-corrected chi connectivity index (χ3v) is 11.4. The number of anilines is 2. The van der Waals surface area contributed by atoms with Gasteiger partial charge in [-0.15, -0.1) is 0 Å². The molecule has 5 aromatic rings. The Hall–Kier alpha value is -6.92. The quantitative estimate of drug-likeness (QED) is 0.0324. The number of fused-ring (bicyclic) bond motifs is 2. The predicted molar refractivity (Wildman–Crippen MR) is 237 cm³/mol. The molecule has 0 bridgehead atoms. The van der Waals surface area contributed by atoms with E-state index in [0.29, 0.717) is 53.0 Å². The molecule has 16 nitrogen and oxygen atoms in total. The monoisotopic (exact) mass is 879 g/mol. The Kier molecular flexibility index (Phi) is 14.1. The first-order valence-corrected chi connectivity index (χ1v) is 21.4. The number of ether oxygens (including phenoxy) is 1. The van der Waals surface area contributed by atoms with Crippen LogP contribution in [0.25, 0.3) is 22.0 Å². The van der Waals surface area contributed by atoms with Crippen molar-refractivity contribution in [1.29, 1.82) is 0 Å². The SMILES string of the molecule is CCCCCC(NCCCCNc1cccc2c1C(=O)N(C1CCC(=O)N(CNC(=O)CN)C1=O)C2=O)Nc1ccc(Oc2ccc(F)cc2F)c(-c2cn(C)c(=O)c3[nH]ccc23)c1. The Bertz CT molecular complexity index is 2650. The zero-order valence-electron chi connectivity index (χ0n) is 35.6. The number of aryl methyl sites for hydroxylation is 1. The number of pyridine rings is 1. The Morgan fingerprint density at radius 1 is 0.922 bits per heavy atom. The number of H-pyrrole nitrogens is 1. The van der Waals surface area contributed by atoms with E-state index < -0.39 is 53.9 Å². The molecule has 2 aliphatic heterocycles. The topological polar surface area (TPSA) is 213 Å². The molecule has 5 amide bonds. The van der Waals surface area contributed by atoms with Crippen LogP contribution < -0.4 is 37.3 Å². The van der Waals surface area contributed by atoms with Gasteiger partial charge in [-0.1, -0.05) is 32.3 Å². The number of likely N-dealkylation sites (tertiary alicyclic amines) is 1. The van der Waals surface area contributed by atoms with Crippen LogP contribution in [0.4, 0.5) is 20.2 Å². The lowest BCUT2D eigenvalue weighted by Crippen LogP contribution is -2.58. The van der Waals surface area contributed by atoms with Gasteiger partial charge in [-0.25, -0.2) is 8.78 Å². The summed E-state index contributed by atoms with van der Waals surface area (Å²) >= 11 is 0. The minimum Gasteiger partial charge on any atom is -0.454 e.